The third kappa shape index (κ3) is 3.98. The summed E-state index contributed by atoms with van der Waals surface area (Å²) < 4.78 is 5.56. The quantitative estimate of drug-likeness (QED) is 0.874. The van der Waals surface area contributed by atoms with Crippen molar-refractivity contribution in [2.75, 3.05) is 24.6 Å². The maximum atomic E-state index is 12.6. The number of rotatable bonds is 4. The van der Waals surface area contributed by atoms with Crippen molar-refractivity contribution in [2.45, 2.75) is 58.1 Å². The molecular formula is C20H30N2O3. The number of hydrogen-bond donors (Lipinski definition) is 2. The van der Waals surface area contributed by atoms with Gasteiger partial charge in [-0.2, -0.15) is 0 Å². The minimum atomic E-state index is -0.501. The zero-order valence-corrected chi connectivity index (χ0v) is 15.5. The highest BCUT2D eigenvalue weighted by molar-refractivity contribution is 5.89. The Morgan fingerprint density at radius 3 is 2.68 bits per heavy atom. The second kappa shape index (κ2) is 6.96. The fraction of sp³-hybridized carbons (Fsp3) is 0.650. The standard InChI is InChI=1S/C20H30N2O3/c1-19(2,3)25-18(24)22-12-9-16(15-7-4-5-8-17(15)22)21-13-20(14-23)10-6-11-20/h4-5,7-8,16,21,23H,6,9-14H2,1-3H3. The molecule has 0 aromatic heterocycles. The molecular weight excluding hydrogens is 316 g/mol. The van der Waals surface area contributed by atoms with Crippen LogP contribution in [0.1, 0.15) is 58.1 Å². The van der Waals surface area contributed by atoms with Crippen molar-refractivity contribution < 1.29 is 14.6 Å². The lowest BCUT2D eigenvalue weighted by atomic mass is 9.69. The summed E-state index contributed by atoms with van der Waals surface area (Å²) in [5.41, 5.74) is 1.61. The number of fused-ring (bicyclic) bond motifs is 1. The normalized spacial score (nSPS) is 22.1. The van der Waals surface area contributed by atoms with Gasteiger partial charge in [0.15, 0.2) is 0 Å². The van der Waals surface area contributed by atoms with Crippen LogP contribution in [-0.2, 0) is 4.74 Å². The Morgan fingerprint density at radius 2 is 2.08 bits per heavy atom. The Balaban J connectivity index is 1.73. The minimum absolute atomic E-state index is 0.0528. The van der Waals surface area contributed by atoms with Crippen molar-refractivity contribution in [1.29, 1.82) is 0 Å². The Bertz CT molecular complexity index is 614. The van der Waals surface area contributed by atoms with Gasteiger partial charge in [0.1, 0.15) is 5.60 Å². The minimum Gasteiger partial charge on any atom is -0.443 e. The number of carbonyl (C=O) groups excluding carboxylic acids is 1. The van der Waals surface area contributed by atoms with Crippen LogP contribution in [0.5, 0.6) is 0 Å². The smallest absolute Gasteiger partial charge is 0.414 e. The summed E-state index contributed by atoms with van der Waals surface area (Å²) in [6, 6.07) is 8.24. The van der Waals surface area contributed by atoms with Crippen LogP contribution in [0, 0.1) is 5.41 Å². The lowest BCUT2D eigenvalue weighted by Crippen LogP contribution is -2.46. The van der Waals surface area contributed by atoms with Gasteiger partial charge in [-0.1, -0.05) is 24.6 Å². The zero-order valence-electron chi connectivity index (χ0n) is 15.5. The van der Waals surface area contributed by atoms with Crippen LogP contribution in [-0.4, -0.2) is 36.5 Å². The SMILES string of the molecule is CC(C)(C)OC(=O)N1CCC(NCC2(CO)CCC2)c2ccccc21. The van der Waals surface area contributed by atoms with Crippen molar-refractivity contribution >= 4 is 11.8 Å². The van der Waals surface area contributed by atoms with Gasteiger partial charge in [0.05, 0.1) is 5.69 Å². The Labute approximate surface area is 150 Å². The molecule has 1 unspecified atom stereocenters. The van der Waals surface area contributed by atoms with E-state index in [-0.39, 0.29) is 24.2 Å². The number of amides is 1. The number of aliphatic hydroxyl groups is 1. The molecule has 0 spiro atoms. The van der Waals surface area contributed by atoms with Gasteiger partial charge in [-0.3, -0.25) is 4.90 Å². The van der Waals surface area contributed by atoms with E-state index < -0.39 is 5.60 Å². The molecule has 1 aromatic carbocycles. The summed E-state index contributed by atoms with van der Waals surface area (Å²) in [7, 11) is 0. The van der Waals surface area contributed by atoms with Crippen molar-refractivity contribution in [2.24, 2.45) is 5.41 Å². The van der Waals surface area contributed by atoms with Gasteiger partial charge in [0.25, 0.3) is 0 Å². The number of carbonyl (C=O) groups is 1. The highest BCUT2D eigenvalue weighted by Gasteiger charge is 2.38. The lowest BCUT2D eigenvalue weighted by molar-refractivity contribution is 0.0413. The number of benzene rings is 1. The number of ether oxygens (including phenoxy) is 1. The van der Waals surface area contributed by atoms with Crippen LogP contribution in [0.2, 0.25) is 0 Å². The van der Waals surface area contributed by atoms with Gasteiger partial charge < -0.3 is 15.2 Å². The van der Waals surface area contributed by atoms with Gasteiger partial charge in [-0.15, -0.1) is 0 Å². The first-order chi connectivity index (χ1) is 11.8. The van der Waals surface area contributed by atoms with E-state index in [0.29, 0.717) is 6.54 Å². The maximum Gasteiger partial charge on any atom is 0.414 e. The Morgan fingerprint density at radius 1 is 1.36 bits per heavy atom. The summed E-state index contributed by atoms with van der Waals surface area (Å²) in [6.45, 7) is 7.37. The summed E-state index contributed by atoms with van der Waals surface area (Å²) in [4.78, 5) is 14.3. The van der Waals surface area contributed by atoms with Crippen molar-refractivity contribution in [3.63, 3.8) is 0 Å². The van der Waals surface area contributed by atoms with E-state index in [0.717, 1.165) is 37.1 Å². The number of para-hydroxylation sites is 1. The first kappa shape index (κ1) is 18.2. The molecule has 25 heavy (non-hydrogen) atoms. The maximum absolute atomic E-state index is 12.6. The number of anilines is 1. The van der Waals surface area contributed by atoms with Crippen LogP contribution < -0.4 is 10.2 Å². The third-order valence-corrected chi connectivity index (χ3v) is 5.33. The number of nitrogens with zero attached hydrogens (tertiary/aromatic N) is 1. The van der Waals surface area contributed by atoms with Crippen molar-refractivity contribution in [3.05, 3.63) is 29.8 Å². The summed E-state index contributed by atoms with van der Waals surface area (Å²) in [6.07, 6.45) is 3.95. The predicted octanol–water partition coefficient (Wildman–Crippen LogP) is 3.63. The average Bonchev–Trinajstić information content (AvgIpc) is 2.52. The first-order valence-corrected chi connectivity index (χ1v) is 9.27. The van der Waals surface area contributed by atoms with Gasteiger partial charge in [0.2, 0.25) is 0 Å². The van der Waals surface area contributed by atoms with E-state index in [9.17, 15) is 9.90 Å². The molecule has 2 N–H and O–H groups in total. The average molecular weight is 346 g/mol. The predicted molar refractivity (Wildman–Crippen MR) is 98.8 cm³/mol. The van der Waals surface area contributed by atoms with E-state index in [1.165, 1.54) is 6.42 Å². The highest BCUT2D eigenvalue weighted by Crippen LogP contribution is 2.41. The highest BCUT2D eigenvalue weighted by atomic mass is 16.6. The number of nitrogens with one attached hydrogen (secondary N) is 1. The second-order valence-corrected chi connectivity index (χ2v) is 8.42. The van der Waals surface area contributed by atoms with E-state index in [1.807, 2.05) is 39.0 Å². The lowest BCUT2D eigenvalue weighted by Gasteiger charge is -2.43. The number of hydrogen-bond acceptors (Lipinski definition) is 4. The van der Waals surface area contributed by atoms with Crippen LogP contribution >= 0.6 is 0 Å². The largest absolute Gasteiger partial charge is 0.443 e. The molecule has 0 radical (unpaired) electrons. The molecule has 1 aromatic rings. The summed E-state index contributed by atoms with van der Waals surface area (Å²) in [5.74, 6) is 0. The Kier molecular flexibility index (Phi) is 5.07. The van der Waals surface area contributed by atoms with E-state index >= 15 is 0 Å². The number of aliphatic hydroxyl groups excluding tert-OH is 1. The topological polar surface area (TPSA) is 61.8 Å². The van der Waals surface area contributed by atoms with Gasteiger partial charge in [-0.25, -0.2) is 4.79 Å². The van der Waals surface area contributed by atoms with Crippen LogP contribution in [0.3, 0.4) is 0 Å². The monoisotopic (exact) mass is 346 g/mol. The first-order valence-electron chi connectivity index (χ1n) is 9.27. The molecule has 0 saturated heterocycles. The van der Waals surface area contributed by atoms with Gasteiger partial charge in [0, 0.05) is 31.2 Å². The molecule has 1 amide bonds. The molecule has 5 nitrogen and oxygen atoms in total. The van der Waals surface area contributed by atoms with Crippen molar-refractivity contribution in [3.8, 4) is 0 Å². The molecule has 2 aliphatic rings. The van der Waals surface area contributed by atoms with Gasteiger partial charge in [-0.05, 0) is 51.7 Å². The van der Waals surface area contributed by atoms with Crippen LogP contribution in [0.4, 0.5) is 10.5 Å². The summed E-state index contributed by atoms with van der Waals surface area (Å²) >= 11 is 0. The van der Waals surface area contributed by atoms with E-state index in [1.54, 1.807) is 4.90 Å². The molecule has 1 heterocycles. The van der Waals surface area contributed by atoms with Crippen LogP contribution in [0.25, 0.3) is 0 Å². The molecule has 0 bridgehead atoms. The van der Waals surface area contributed by atoms with E-state index in [4.69, 9.17) is 4.74 Å². The molecule has 5 heteroatoms. The molecule has 1 saturated carbocycles. The fourth-order valence-corrected chi connectivity index (χ4v) is 3.69. The van der Waals surface area contributed by atoms with Crippen molar-refractivity contribution in [1.82, 2.24) is 5.32 Å². The fourth-order valence-electron chi connectivity index (χ4n) is 3.69. The molecule has 1 aliphatic heterocycles. The molecule has 1 fully saturated rings. The van der Waals surface area contributed by atoms with E-state index in [2.05, 4.69) is 11.4 Å². The molecule has 138 valence electrons. The van der Waals surface area contributed by atoms with Gasteiger partial charge >= 0.3 is 6.09 Å². The van der Waals surface area contributed by atoms with Crippen LogP contribution in [0.15, 0.2) is 24.3 Å². The second-order valence-electron chi connectivity index (χ2n) is 8.42. The molecule has 1 atom stereocenters. The molecule has 1 aliphatic carbocycles. The third-order valence-electron chi connectivity index (χ3n) is 5.33. The zero-order chi connectivity index (χ0) is 18.1. The molecule has 3 rings (SSSR count). The Hall–Kier alpha value is -1.59. The summed E-state index contributed by atoms with van der Waals surface area (Å²) in [5, 5.41) is 13.3.